The minimum absolute atomic E-state index is 0.114. The van der Waals surface area contributed by atoms with Crippen molar-refractivity contribution < 1.29 is 0 Å². The molecular formula is C20H29N3S2. The number of aryl methyl sites for hydroxylation is 2. The maximum atomic E-state index is 5.63. The van der Waals surface area contributed by atoms with Crippen LogP contribution in [0.3, 0.4) is 0 Å². The third-order valence-electron chi connectivity index (χ3n) is 4.75. The summed E-state index contributed by atoms with van der Waals surface area (Å²) in [6.45, 7) is 11.0. The van der Waals surface area contributed by atoms with E-state index in [1.54, 1.807) is 11.3 Å². The highest BCUT2D eigenvalue weighted by Gasteiger charge is 2.29. The molecule has 1 atom stereocenters. The Labute approximate surface area is 161 Å². The van der Waals surface area contributed by atoms with E-state index in [4.69, 9.17) is 12.2 Å². The molecule has 0 saturated heterocycles. The van der Waals surface area contributed by atoms with Crippen LogP contribution in [0.4, 0.5) is 5.13 Å². The van der Waals surface area contributed by atoms with Crippen molar-refractivity contribution in [3.63, 3.8) is 0 Å². The zero-order valence-electron chi connectivity index (χ0n) is 16.0. The predicted octanol–water partition coefficient (Wildman–Crippen LogP) is 6.19. The molecule has 0 aliphatic heterocycles. The highest BCUT2D eigenvalue weighted by Crippen LogP contribution is 2.37. The third-order valence-corrected chi connectivity index (χ3v) is 6.20. The van der Waals surface area contributed by atoms with Crippen LogP contribution in [0.25, 0.3) is 0 Å². The van der Waals surface area contributed by atoms with Crippen molar-refractivity contribution in [2.75, 3.05) is 5.32 Å². The Bertz CT molecular complexity index is 703. The number of nitrogens with one attached hydrogen (secondary N) is 1. The van der Waals surface area contributed by atoms with Gasteiger partial charge >= 0.3 is 0 Å². The van der Waals surface area contributed by atoms with Gasteiger partial charge < -0.3 is 5.32 Å². The van der Waals surface area contributed by atoms with E-state index in [1.165, 1.54) is 24.0 Å². The first-order chi connectivity index (χ1) is 11.9. The molecule has 2 rings (SSSR count). The Hall–Kier alpha value is -1.33. The van der Waals surface area contributed by atoms with Crippen LogP contribution in [-0.4, -0.2) is 15.2 Å². The fraction of sp³-hybridized carbons (Fsp3) is 0.550. The Balaban J connectivity index is 2.19. The summed E-state index contributed by atoms with van der Waals surface area (Å²) in [5.74, 6) is 0. The number of hydrogen-bond acceptors (Lipinski definition) is 4. The first-order valence-corrected chi connectivity index (χ1v) is 10.3. The lowest BCUT2D eigenvalue weighted by molar-refractivity contribution is 0.379. The summed E-state index contributed by atoms with van der Waals surface area (Å²) < 4.78 is 0. The van der Waals surface area contributed by atoms with Gasteiger partial charge in [0.05, 0.1) is 0 Å². The molecule has 136 valence electrons. The number of thiocarbonyl (C=S) groups is 1. The van der Waals surface area contributed by atoms with E-state index in [-0.39, 0.29) is 5.41 Å². The lowest BCUT2D eigenvalue weighted by Crippen LogP contribution is -2.21. The van der Waals surface area contributed by atoms with Crippen molar-refractivity contribution in [1.82, 2.24) is 10.2 Å². The Morgan fingerprint density at radius 1 is 1.12 bits per heavy atom. The van der Waals surface area contributed by atoms with Gasteiger partial charge in [-0.05, 0) is 37.8 Å². The van der Waals surface area contributed by atoms with Crippen LogP contribution in [-0.2, 0) is 5.41 Å². The second-order valence-electron chi connectivity index (χ2n) is 7.05. The number of aromatic nitrogens is 2. The standard InChI is InChI=1S/C20H29N3S2/c1-6-8-13-20(5,12-7-2)18-22-23-19(25-18)21-17(24)16-14(3)10-9-11-15(16)4/h9-11H,6-8,12-13H2,1-5H3,(H,21,23,24). The van der Waals surface area contributed by atoms with Gasteiger partial charge in [0.2, 0.25) is 5.13 Å². The van der Waals surface area contributed by atoms with E-state index in [0.29, 0.717) is 0 Å². The fourth-order valence-electron chi connectivity index (χ4n) is 3.31. The van der Waals surface area contributed by atoms with E-state index in [2.05, 4.69) is 68.3 Å². The van der Waals surface area contributed by atoms with Crippen molar-refractivity contribution in [1.29, 1.82) is 0 Å². The van der Waals surface area contributed by atoms with Crippen molar-refractivity contribution in [3.8, 4) is 0 Å². The van der Waals surface area contributed by atoms with Gasteiger partial charge in [-0.3, -0.25) is 0 Å². The number of anilines is 1. The normalized spacial score (nSPS) is 13.5. The summed E-state index contributed by atoms with van der Waals surface area (Å²) in [6, 6.07) is 6.24. The van der Waals surface area contributed by atoms with E-state index in [9.17, 15) is 0 Å². The molecular weight excluding hydrogens is 346 g/mol. The second-order valence-corrected chi connectivity index (χ2v) is 8.43. The molecule has 0 spiro atoms. The Morgan fingerprint density at radius 3 is 2.40 bits per heavy atom. The van der Waals surface area contributed by atoms with Crippen molar-refractivity contribution in [3.05, 3.63) is 39.9 Å². The van der Waals surface area contributed by atoms with E-state index >= 15 is 0 Å². The van der Waals surface area contributed by atoms with Crippen LogP contribution in [0.2, 0.25) is 0 Å². The SMILES string of the molecule is CCCCC(C)(CCC)c1nnc(NC(=S)c2c(C)cccc2C)s1. The summed E-state index contributed by atoms with van der Waals surface area (Å²) in [5, 5.41) is 14.1. The first kappa shape index (κ1) is 20.0. The lowest BCUT2D eigenvalue weighted by atomic mass is 9.81. The molecule has 5 heteroatoms. The number of rotatable bonds is 8. The van der Waals surface area contributed by atoms with Crippen molar-refractivity contribution >= 4 is 33.7 Å². The molecule has 0 fully saturated rings. The van der Waals surface area contributed by atoms with Gasteiger partial charge in [-0.2, -0.15) is 0 Å². The maximum Gasteiger partial charge on any atom is 0.210 e. The minimum Gasteiger partial charge on any atom is -0.321 e. The number of nitrogens with zero attached hydrogens (tertiary/aromatic N) is 2. The van der Waals surface area contributed by atoms with Gasteiger partial charge in [0.25, 0.3) is 0 Å². The monoisotopic (exact) mass is 375 g/mol. The summed E-state index contributed by atoms with van der Waals surface area (Å²) in [4.78, 5) is 0.726. The Kier molecular flexibility index (Phi) is 7.08. The molecule has 2 aromatic rings. The molecule has 0 radical (unpaired) electrons. The maximum absolute atomic E-state index is 5.63. The largest absolute Gasteiger partial charge is 0.321 e. The van der Waals surface area contributed by atoms with Crippen LogP contribution in [0, 0.1) is 13.8 Å². The average molecular weight is 376 g/mol. The van der Waals surface area contributed by atoms with E-state index in [1.807, 2.05) is 0 Å². The van der Waals surface area contributed by atoms with Crippen LogP contribution in [0.1, 0.15) is 74.6 Å². The van der Waals surface area contributed by atoms with E-state index < -0.39 is 0 Å². The fourth-order valence-corrected chi connectivity index (χ4v) is 4.74. The minimum atomic E-state index is 0.114. The molecule has 0 aliphatic rings. The summed E-state index contributed by atoms with van der Waals surface area (Å²) in [6.07, 6.45) is 5.89. The van der Waals surface area contributed by atoms with Crippen molar-refractivity contribution in [2.24, 2.45) is 0 Å². The highest BCUT2D eigenvalue weighted by molar-refractivity contribution is 7.81. The highest BCUT2D eigenvalue weighted by atomic mass is 32.1. The summed E-state index contributed by atoms with van der Waals surface area (Å²) in [5.41, 5.74) is 3.57. The molecule has 1 unspecified atom stereocenters. The second kappa shape index (κ2) is 8.86. The quantitative estimate of drug-likeness (QED) is 0.558. The van der Waals surface area contributed by atoms with Gasteiger partial charge in [-0.15, -0.1) is 10.2 Å². The number of unbranched alkanes of at least 4 members (excludes halogenated alkanes) is 1. The van der Waals surface area contributed by atoms with Gasteiger partial charge in [0, 0.05) is 11.0 Å². The van der Waals surface area contributed by atoms with Crippen LogP contribution in [0.5, 0.6) is 0 Å². The van der Waals surface area contributed by atoms with Gasteiger partial charge in [0.1, 0.15) is 10.00 Å². The molecule has 0 aliphatic carbocycles. The van der Waals surface area contributed by atoms with Crippen LogP contribution < -0.4 is 5.32 Å². The molecule has 0 saturated carbocycles. The van der Waals surface area contributed by atoms with Crippen LogP contribution >= 0.6 is 23.6 Å². The molecule has 0 amide bonds. The smallest absolute Gasteiger partial charge is 0.210 e. The van der Waals surface area contributed by atoms with Crippen LogP contribution in [0.15, 0.2) is 18.2 Å². The zero-order valence-corrected chi connectivity index (χ0v) is 17.6. The molecule has 1 aromatic heterocycles. The topological polar surface area (TPSA) is 37.8 Å². The number of benzene rings is 1. The van der Waals surface area contributed by atoms with Gasteiger partial charge in [-0.25, -0.2) is 0 Å². The zero-order chi connectivity index (χ0) is 18.4. The first-order valence-electron chi connectivity index (χ1n) is 9.12. The molecule has 0 bridgehead atoms. The van der Waals surface area contributed by atoms with Gasteiger partial charge in [-0.1, -0.05) is 81.8 Å². The third kappa shape index (κ3) is 4.85. The van der Waals surface area contributed by atoms with Crippen molar-refractivity contribution in [2.45, 2.75) is 72.1 Å². The molecule has 1 heterocycles. The molecule has 3 nitrogen and oxygen atoms in total. The number of hydrogen-bond donors (Lipinski definition) is 1. The van der Waals surface area contributed by atoms with Gasteiger partial charge in [0.15, 0.2) is 0 Å². The molecule has 25 heavy (non-hydrogen) atoms. The predicted molar refractivity (Wildman–Crippen MR) is 113 cm³/mol. The summed E-state index contributed by atoms with van der Waals surface area (Å²) >= 11 is 7.27. The Morgan fingerprint density at radius 2 is 1.80 bits per heavy atom. The summed E-state index contributed by atoms with van der Waals surface area (Å²) in [7, 11) is 0. The van der Waals surface area contributed by atoms with E-state index in [0.717, 1.165) is 40.0 Å². The average Bonchev–Trinajstić information content (AvgIpc) is 3.02. The lowest BCUT2D eigenvalue weighted by Gasteiger charge is -2.26. The molecule has 1 aromatic carbocycles. The molecule has 1 N–H and O–H groups in total.